The lowest BCUT2D eigenvalue weighted by molar-refractivity contribution is -0.132. The molecule has 1 aromatic carbocycles. The third-order valence-corrected chi connectivity index (χ3v) is 4.45. The molecule has 23 heavy (non-hydrogen) atoms. The maximum Gasteiger partial charge on any atom is 0.409 e. The summed E-state index contributed by atoms with van der Waals surface area (Å²) in [6, 6.07) is 4.24. The Kier molecular flexibility index (Phi) is 5.64. The topological polar surface area (TPSA) is 49.9 Å². The number of hydrogen-bond donors (Lipinski definition) is 0. The van der Waals surface area contributed by atoms with Gasteiger partial charge < -0.3 is 14.5 Å². The van der Waals surface area contributed by atoms with Gasteiger partial charge in [0.25, 0.3) is 0 Å². The summed E-state index contributed by atoms with van der Waals surface area (Å²) in [5.74, 6) is 0.125. The summed E-state index contributed by atoms with van der Waals surface area (Å²) in [6.45, 7) is 10.6. The molecule has 0 atom stereocenters. The molecular formula is C18H26N2O3. The molecule has 0 aliphatic carbocycles. The van der Waals surface area contributed by atoms with Gasteiger partial charge in [0, 0.05) is 26.2 Å². The van der Waals surface area contributed by atoms with Crippen molar-refractivity contribution in [3.05, 3.63) is 34.4 Å². The van der Waals surface area contributed by atoms with Gasteiger partial charge in [-0.1, -0.05) is 12.1 Å². The van der Waals surface area contributed by atoms with Crippen LogP contribution in [0.15, 0.2) is 12.1 Å². The highest BCUT2D eigenvalue weighted by Gasteiger charge is 2.25. The van der Waals surface area contributed by atoms with E-state index in [1.54, 1.807) is 11.8 Å². The molecule has 5 nitrogen and oxygen atoms in total. The highest BCUT2D eigenvalue weighted by molar-refractivity contribution is 5.79. The minimum Gasteiger partial charge on any atom is -0.450 e. The Morgan fingerprint density at radius 3 is 2.13 bits per heavy atom. The molecule has 0 bridgehead atoms. The summed E-state index contributed by atoms with van der Waals surface area (Å²) in [5, 5.41) is 0. The van der Waals surface area contributed by atoms with Crippen LogP contribution in [-0.4, -0.2) is 54.6 Å². The number of ether oxygens (including phenoxy) is 1. The van der Waals surface area contributed by atoms with Crippen LogP contribution in [0.1, 0.15) is 29.2 Å². The Labute approximate surface area is 138 Å². The lowest BCUT2D eigenvalue weighted by Crippen LogP contribution is -2.51. The number of benzene rings is 1. The lowest BCUT2D eigenvalue weighted by Gasteiger charge is -2.34. The van der Waals surface area contributed by atoms with E-state index in [4.69, 9.17) is 4.74 Å². The maximum absolute atomic E-state index is 12.5. The Morgan fingerprint density at radius 1 is 0.957 bits per heavy atom. The van der Waals surface area contributed by atoms with Crippen molar-refractivity contribution in [3.63, 3.8) is 0 Å². The van der Waals surface area contributed by atoms with Crippen LogP contribution in [0.3, 0.4) is 0 Å². The normalized spacial score (nSPS) is 14.8. The summed E-state index contributed by atoms with van der Waals surface area (Å²) in [7, 11) is 0. The van der Waals surface area contributed by atoms with Crippen LogP contribution in [0.4, 0.5) is 4.79 Å². The van der Waals surface area contributed by atoms with E-state index in [0.717, 1.165) is 11.1 Å². The van der Waals surface area contributed by atoms with E-state index in [9.17, 15) is 9.59 Å². The maximum atomic E-state index is 12.5. The molecule has 1 fully saturated rings. The second-order valence-corrected chi connectivity index (χ2v) is 6.11. The molecule has 0 aromatic heterocycles. The number of amides is 2. The third-order valence-electron chi connectivity index (χ3n) is 4.45. The smallest absolute Gasteiger partial charge is 0.409 e. The first-order valence-electron chi connectivity index (χ1n) is 8.18. The van der Waals surface area contributed by atoms with Crippen LogP contribution >= 0.6 is 0 Å². The number of carbonyl (C=O) groups excluding carboxylic acids is 2. The monoisotopic (exact) mass is 318 g/mol. The average molecular weight is 318 g/mol. The highest BCUT2D eigenvalue weighted by atomic mass is 16.6. The fourth-order valence-corrected chi connectivity index (χ4v) is 2.84. The van der Waals surface area contributed by atoms with Crippen molar-refractivity contribution >= 4 is 12.0 Å². The number of carbonyl (C=O) groups is 2. The van der Waals surface area contributed by atoms with Crippen molar-refractivity contribution in [2.45, 2.75) is 34.1 Å². The molecule has 1 aliphatic rings. The molecule has 2 rings (SSSR count). The molecule has 2 amide bonds. The van der Waals surface area contributed by atoms with E-state index in [2.05, 4.69) is 26.0 Å². The van der Waals surface area contributed by atoms with Gasteiger partial charge in [0.1, 0.15) is 0 Å². The molecule has 1 heterocycles. The molecule has 1 aliphatic heterocycles. The Hall–Kier alpha value is -2.04. The van der Waals surface area contributed by atoms with Crippen molar-refractivity contribution in [3.8, 4) is 0 Å². The number of piperazine rings is 1. The summed E-state index contributed by atoms with van der Waals surface area (Å²) in [5.41, 5.74) is 4.71. The minimum absolute atomic E-state index is 0.125. The van der Waals surface area contributed by atoms with E-state index in [-0.39, 0.29) is 12.0 Å². The highest BCUT2D eigenvalue weighted by Crippen LogP contribution is 2.17. The summed E-state index contributed by atoms with van der Waals surface area (Å²) in [4.78, 5) is 27.7. The van der Waals surface area contributed by atoms with Crippen molar-refractivity contribution in [1.82, 2.24) is 9.80 Å². The number of nitrogens with zero attached hydrogens (tertiary/aromatic N) is 2. The van der Waals surface area contributed by atoms with Gasteiger partial charge in [0.2, 0.25) is 5.91 Å². The van der Waals surface area contributed by atoms with Gasteiger partial charge in [-0.3, -0.25) is 4.79 Å². The van der Waals surface area contributed by atoms with Crippen molar-refractivity contribution in [1.29, 1.82) is 0 Å². The molecule has 0 unspecified atom stereocenters. The van der Waals surface area contributed by atoms with Gasteiger partial charge in [0.15, 0.2) is 0 Å². The van der Waals surface area contributed by atoms with Gasteiger partial charge >= 0.3 is 6.09 Å². The molecular weight excluding hydrogens is 292 g/mol. The molecule has 1 saturated heterocycles. The van der Waals surface area contributed by atoms with Crippen LogP contribution in [0.5, 0.6) is 0 Å². The van der Waals surface area contributed by atoms with Gasteiger partial charge in [-0.15, -0.1) is 0 Å². The second-order valence-electron chi connectivity index (χ2n) is 6.11. The molecule has 5 heteroatoms. The fourth-order valence-electron chi connectivity index (χ4n) is 2.84. The van der Waals surface area contributed by atoms with Crippen molar-refractivity contribution < 1.29 is 14.3 Å². The molecule has 0 saturated carbocycles. The lowest BCUT2D eigenvalue weighted by atomic mass is 9.98. The van der Waals surface area contributed by atoms with E-state index >= 15 is 0 Å². The van der Waals surface area contributed by atoms with Crippen molar-refractivity contribution in [2.75, 3.05) is 32.8 Å². The van der Waals surface area contributed by atoms with E-state index < -0.39 is 0 Å². The molecule has 1 aromatic rings. The Bertz CT molecular complexity index is 590. The van der Waals surface area contributed by atoms with Crippen LogP contribution in [0, 0.1) is 20.8 Å². The standard InChI is InChI=1S/C18H26N2O3/c1-5-23-18(22)20-8-6-19(7-9-20)17(21)12-16-11-14(3)13(2)10-15(16)4/h10-11H,5-9,12H2,1-4H3. The van der Waals surface area contributed by atoms with Crippen molar-refractivity contribution in [2.24, 2.45) is 0 Å². The average Bonchev–Trinajstić information content (AvgIpc) is 2.53. The van der Waals surface area contributed by atoms with Gasteiger partial charge in [-0.25, -0.2) is 4.79 Å². The quantitative estimate of drug-likeness (QED) is 0.860. The number of aryl methyl sites for hydroxylation is 3. The molecule has 0 radical (unpaired) electrons. The van der Waals surface area contributed by atoms with Crippen LogP contribution in [0.25, 0.3) is 0 Å². The first-order chi connectivity index (χ1) is 10.9. The zero-order chi connectivity index (χ0) is 17.0. The minimum atomic E-state index is -0.287. The number of rotatable bonds is 3. The zero-order valence-electron chi connectivity index (χ0n) is 14.5. The molecule has 0 N–H and O–H groups in total. The van der Waals surface area contributed by atoms with E-state index in [1.807, 2.05) is 11.8 Å². The van der Waals surface area contributed by atoms with Gasteiger partial charge in [-0.05, 0) is 49.9 Å². The van der Waals surface area contributed by atoms with Crippen LogP contribution in [0.2, 0.25) is 0 Å². The zero-order valence-corrected chi connectivity index (χ0v) is 14.5. The Balaban J connectivity index is 1.93. The van der Waals surface area contributed by atoms with Gasteiger partial charge in [0.05, 0.1) is 13.0 Å². The Morgan fingerprint density at radius 2 is 1.52 bits per heavy atom. The number of hydrogen-bond acceptors (Lipinski definition) is 3. The first kappa shape index (κ1) is 17.3. The molecule has 0 spiro atoms. The SMILES string of the molecule is CCOC(=O)N1CCN(C(=O)Cc2cc(C)c(C)cc2C)CC1. The molecule has 126 valence electrons. The van der Waals surface area contributed by atoms with Crippen LogP contribution in [-0.2, 0) is 16.0 Å². The predicted octanol–water partition coefficient (Wildman–Crippen LogP) is 2.46. The largest absolute Gasteiger partial charge is 0.450 e. The summed E-state index contributed by atoms with van der Waals surface area (Å²) in [6.07, 6.45) is 0.136. The van der Waals surface area contributed by atoms with E-state index in [1.165, 1.54) is 11.1 Å². The summed E-state index contributed by atoms with van der Waals surface area (Å²) >= 11 is 0. The third kappa shape index (κ3) is 4.24. The van der Waals surface area contributed by atoms with Crippen LogP contribution < -0.4 is 0 Å². The van der Waals surface area contributed by atoms with Gasteiger partial charge in [-0.2, -0.15) is 0 Å². The summed E-state index contributed by atoms with van der Waals surface area (Å²) < 4.78 is 5.00. The fraction of sp³-hybridized carbons (Fsp3) is 0.556. The predicted molar refractivity (Wildman–Crippen MR) is 89.5 cm³/mol. The first-order valence-corrected chi connectivity index (χ1v) is 8.18. The van der Waals surface area contributed by atoms with E-state index in [0.29, 0.717) is 39.2 Å². The second kappa shape index (κ2) is 7.49.